The lowest BCUT2D eigenvalue weighted by atomic mass is 10.2. The fourth-order valence-corrected chi connectivity index (χ4v) is 2.85. The molecule has 0 amide bonds. The molecule has 0 aliphatic carbocycles. The summed E-state index contributed by atoms with van der Waals surface area (Å²) in [6.07, 6.45) is 0. The molecule has 0 unspecified atom stereocenters. The van der Waals surface area contributed by atoms with Crippen LogP contribution in [0.5, 0.6) is 0 Å². The maximum atomic E-state index is 14.1. The van der Waals surface area contributed by atoms with Gasteiger partial charge in [-0.2, -0.15) is 0 Å². The third-order valence-corrected chi connectivity index (χ3v) is 3.95. The van der Waals surface area contributed by atoms with Crippen LogP contribution in [0.25, 0.3) is 22.3 Å². The molecule has 3 rings (SSSR count). The Balaban J connectivity index is 2.33. The zero-order valence-corrected chi connectivity index (χ0v) is 13.2. The minimum atomic E-state index is -0.611. The number of nitrogens with zero attached hydrogens (tertiary/aromatic N) is 2. The first-order chi connectivity index (χ1) is 9.97. The molecule has 21 heavy (non-hydrogen) atoms. The van der Waals surface area contributed by atoms with E-state index in [1.54, 1.807) is 12.1 Å². The van der Waals surface area contributed by atoms with E-state index in [4.69, 9.17) is 46.4 Å². The summed E-state index contributed by atoms with van der Waals surface area (Å²) in [5, 5.41) is 1.35. The zero-order chi connectivity index (χ0) is 15.1. The second-order valence-electron chi connectivity index (χ2n) is 4.22. The van der Waals surface area contributed by atoms with Crippen LogP contribution in [0, 0.1) is 5.82 Å². The molecule has 0 aliphatic heterocycles. The van der Waals surface area contributed by atoms with Crippen molar-refractivity contribution in [1.82, 2.24) is 9.97 Å². The van der Waals surface area contributed by atoms with Gasteiger partial charge in [0, 0.05) is 10.4 Å². The van der Waals surface area contributed by atoms with Crippen LogP contribution in [0.3, 0.4) is 0 Å². The van der Waals surface area contributed by atoms with E-state index in [0.29, 0.717) is 20.9 Å². The Morgan fingerprint density at radius 1 is 0.905 bits per heavy atom. The Bertz CT molecular complexity index is 867. The Morgan fingerprint density at radius 2 is 1.67 bits per heavy atom. The van der Waals surface area contributed by atoms with E-state index in [2.05, 4.69) is 9.97 Å². The highest BCUT2D eigenvalue weighted by atomic mass is 35.5. The molecular weight excluding hydrogens is 357 g/mol. The first kappa shape index (κ1) is 14.8. The van der Waals surface area contributed by atoms with E-state index in [-0.39, 0.29) is 21.6 Å². The molecule has 0 bridgehead atoms. The lowest BCUT2D eigenvalue weighted by molar-refractivity contribution is 0.630. The fourth-order valence-electron chi connectivity index (χ4n) is 1.92. The number of halogens is 5. The van der Waals surface area contributed by atoms with Crippen molar-refractivity contribution < 1.29 is 4.39 Å². The van der Waals surface area contributed by atoms with Crippen molar-refractivity contribution in [3.8, 4) is 11.4 Å². The predicted molar refractivity (Wildman–Crippen MR) is 85.0 cm³/mol. The molecule has 0 saturated carbocycles. The Hall–Kier alpha value is -1.13. The van der Waals surface area contributed by atoms with Gasteiger partial charge in [-0.25, -0.2) is 14.4 Å². The van der Waals surface area contributed by atoms with Gasteiger partial charge in [0.05, 0.1) is 21.1 Å². The van der Waals surface area contributed by atoms with Crippen LogP contribution in [0.2, 0.25) is 20.2 Å². The summed E-state index contributed by atoms with van der Waals surface area (Å²) >= 11 is 23.9. The van der Waals surface area contributed by atoms with Gasteiger partial charge in [-0.05, 0) is 24.3 Å². The minimum absolute atomic E-state index is 0.0190. The molecule has 1 heterocycles. The predicted octanol–water partition coefficient (Wildman–Crippen LogP) is 6.05. The molecule has 2 aromatic carbocycles. The maximum Gasteiger partial charge on any atom is 0.164 e. The smallest absolute Gasteiger partial charge is 0.164 e. The molecule has 1 aromatic heterocycles. The van der Waals surface area contributed by atoms with Gasteiger partial charge in [0.25, 0.3) is 0 Å². The van der Waals surface area contributed by atoms with Crippen molar-refractivity contribution in [1.29, 1.82) is 0 Å². The molecule has 0 aliphatic rings. The van der Waals surface area contributed by atoms with Crippen molar-refractivity contribution in [2.45, 2.75) is 0 Å². The van der Waals surface area contributed by atoms with E-state index in [1.165, 1.54) is 18.2 Å². The van der Waals surface area contributed by atoms with E-state index in [9.17, 15) is 4.39 Å². The summed E-state index contributed by atoms with van der Waals surface area (Å²) in [4.78, 5) is 8.36. The Morgan fingerprint density at radius 3 is 2.43 bits per heavy atom. The number of aromatic nitrogens is 2. The molecule has 3 aromatic rings. The van der Waals surface area contributed by atoms with E-state index in [1.807, 2.05) is 0 Å². The number of benzene rings is 2. The summed E-state index contributed by atoms with van der Waals surface area (Å²) in [6.45, 7) is 0. The quantitative estimate of drug-likeness (QED) is 0.493. The number of hydrogen-bond acceptors (Lipinski definition) is 2. The molecule has 0 fully saturated rings. The zero-order valence-electron chi connectivity index (χ0n) is 10.2. The van der Waals surface area contributed by atoms with Crippen molar-refractivity contribution >= 4 is 57.3 Å². The fraction of sp³-hybridized carbons (Fsp3) is 0. The third kappa shape index (κ3) is 2.67. The third-order valence-electron chi connectivity index (χ3n) is 2.86. The average molecular weight is 362 g/mol. The van der Waals surface area contributed by atoms with Crippen LogP contribution in [-0.2, 0) is 0 Å². The highest BCUT2D eigenvalue weighted by Gasteiger charge is 2.15. The Kier molecular flexibility index (Phi) is 3.93. The van der Waals surface area contributed by atoms with E-state index in [0.717, 1.165) is 0 Å². The largest absolute Gasteiger partial charge is 0.226 e. The molecule has 0 N–H and O–H groups in total. The van der Waals surface area contributed by atoms with Gasteiger partial charge in [-0.3, -0.25) is 0 Å². The molecule has 2 nitrogen and oxygen atoms in total. The highest BCUT2D eigenvalue weighted by molar-refractivity contribution is 6.41. The van der Waals surface area contributed by atoms with Gasteiger partial charge in [0.2, 0.25) is 0 Å². The molecule has 0 radical (unpaired) electrons. The monoisotopic (exact) mass is 360 g/mol. The SMILES string of the molecule is Fc1c(Cl)cccc1-c1nc(Cl)c2cc(Cl)cc(Cl)c2n1. The Labute approximate surface area is 139 Å². The maximum absolute atomic E-state index is 14.1. The van der Waals surface area contributed by atoms with Crippen molar-refractivity contribution in [3.63, 3.8) is 0 Å². The molecule has 0 saturated heterocycles. The van der Waals surface area contributed by atoms with E-state index >= 15 is 0 Å². The van der Waals surface area contributed by atoms with Gasteiger partial charge in [-0.15, -0.1) is 0 Å². The summed E-state index contributed by atoms with van der Waals surface area (Å²) in [6, 6.07) is 7.69. The summed E-state index contributed by atoms with van der Waals surface area (Å²) < 4.78 is 14.1. The standard InChI is InChI=1S/C14H5Cl4FN2/c15-6-4-8-12(10(17)5-6)20-14(21-13(8)18)7-2-1-3-9(16)11(7)19/h1-5H. The van der Waals surface area contributed by atoms with Crippen LogP contribution in [0.4, 0.5) is 4.39 Å². The van der Waals surface area contributed by atoms with Crippen molar-refractivity contribution in [2.75, 3.05) is 0 Å². The van der Waals surface area contributed by atoms with Crippen molar-refractivity contribution in [3.05, 3.63) is 56.4 Å². The lowest BCUT2D eigenvalue weighted by Crippen LogP contribution is -1.95. The van der Waals surface area contributed by atoms with Gasteiger partial charge in [0.15, 0.2) is 11.6 Å². The first-order valence-electron chi connectivity index (χ1n) is 5.74. The highest BCUT2D eigenvalue weighted by Crippen LogP contribution is 2.33. The van der Waals surface area contributed by atoms with Gasteiger partial charge in [0.1, 0.15) is 5.15 Å². The van der Waals surface area contributed by atoms with Crippen LogP contribution in [-0.4, -0.2) is 9.97 Å². The molecule has 0 spiro atoms. The lowest BCUT2D eigenvalue weighted by Gasteiger charge is -2.08. The molecule has 7 heteroatoms. The molecule has 0 atom stereocenters. The summed E-state index contributed by atoms with van der Waals surface area (Å²) in [5.41, 5.74) is 0.549. The number of rotatable bonds is 1. The minimum Gasteiger partial charge on any atom is -0.226 e. The van der Waals surface area contributed by atoms with Crippen molar-refractivity contribution in [2.24, 2.45) is 0 Å². The second-order valence-corrected chi connectivity index (χ2v) is 5.83. The van der Waals surface area contributed by atoms with Gasteiger partial charge >= 0.3 is 0 Å². The van der Waals surface area contributed by atoms with Gasteiger partial charge < -0.3 is 0 Å². The normalized spacial score (nSPS) is 11.1. The van der Waals surface area contributed by atoms with Gasteiger partial charge in [-0.1, -0.05) is 52.5 Å². The topological polar surface area (TPSA) is 25.8 Å². The number of fused-ring (bicyclic) bond motifs is 1. The summed E-state index contributed by atoms with van der Waals surface area (Å²) in [5.74, 6) is -0.503. The second kappa shape index (κ2) is 5.58. The van der Waals surface area contributed by atoms with Crippen LogP contribution in [0.1, 0.15) is 0 Å². The molecule has 106 valence electrons. The average Bonchev–Trinajstić information content (AvgIpc) is 2.43. The van der Waals surface area contributed by atoms with Crippen LogP contribution in [0.15, 0.2) is 30.3 Å². The van der Waals surface area contributed by atoms with E-state index < -0.39 is 5.82 Å². The molecular formula is C14H5Cl4FN2. The summed E-state index contributed by atoms with van der Waals surface area (Å²) in [7, 11) is 0. The number of hydrogen-bond donors (Lipinski definition) is 0. The van der Waals surface area contributed by atoms with Crippen LogP contribution >= 0.6 is 46.4 Å². The van der Waals surface area contributed by atoms with Crippen LogP contribution < -0.4 is 0 Å². The first-order valence-corrected chi connectivity index (χ1v) is 7.25.